The molecule has 4 atom stereocenters. The molecule has 1 aromatic heterocycles. The van der Waals surface area contributed by atoms with Crippen LogP contribution in [-0.4, -0.2) is 108 Å². The maximum absolute atomic E-state index is 14.6. The molecule has 4 amide bonds. The Morgan fingerprint density at radius 3 is 2.37 bits per heavy atom. The van der Waals surface area contributed by atoms with E-state index >= 15 is 0 Å². The molecule has 14 nitrogen and oxygen atoms in total. The van der Waals surface area contributed by atoms with Crippen molar-refractivity contribution < 1.29 is 47.6 Å². The number of carbonyl (C=O) groups is 4. The number of aliphatic hydroxyl groups is 1. The van der Waals surface area contributed by atoms with Crippen LogP contribution in [0, 0.1) is 12.3 Å². The van der Waals surface area contributed by atoms with Crippen molar-refractivity contribution in [2.45, 2.75) is 129 Å². The number of amides is 4. The molecule has 0 radical (unpaired) electrons. The summed E-state index contributed by atoms with van der Waals surface area (Å²) in [6.07, 6.45) is 3.03. The van der Waals surface area contributed by atoms with Crippen LogP contribution in [0.5, 0.6) is 5.75 Å². The number of hydrogen-bond donors (Lipinski definition) is 4. The number of thiazole rings is 1. The lowest BCUT2D eigenvalue weighted by Gasteiger charge is -2.35. The molecule has 2 aromatic carbocycles. The summed E-state index contributed by atoms with van der Waals surface area (Å²) in [7, 11) is 0. The van der Waals surface area contributed by atoms with Crippen LogP contribution < -0.4 is 21.1 Å². The van der Waals surface area contributed by atoms with E-state index in [0.29, 0.717) is 50.8 Å². The van der Waals surface area contributed by atoms with Crippen LogP contribution in [0.1, 0.15) is 95.0 Å². The van der Waals surface area contributed by atoms with Gasteiger partial charge in [-0.05, 0) is 80.5 Å². The minimum absolute atomic E-state index is 0.0249. The molecule has 3 aromatic rings. The zero-order chi connectivity index (χ0) is 44.9. The van der Waals surface area contributed by atoms with Crippen LogP contribution in [-0.2, 0) is 53.0 Å². The number of ether oxygens (including phenoxy) is 4. The summed E-state index contributed by atoms with van der Waals surface area (Å²) in [6.45, 7) is 11.8. The quantitative estimate of drug-likeness (QED) is 0.0809. The number of aryl methyl sites for hydroxylation is 2. The van der Waals surface area contributed by atoms with Gasteiger partial charge in [0.05, 0.1) is 54.7 Å². The molecule has 2 heterocycles. The van der Waals surface area contributed by atoms with Gasteiger partial charge in [-0.15, -0.1) is 11.3 Å². The van der Waals surface area contributed by atoms with Crippen LogP contribution in [0.2, 0.25) is 0 Å². The maximum atomic E-state index is 14.6. The first-order valence-corrected chi connectivity index (χ1v) is 22.5. The van der Waals surface area contributed by atoms with Crippen molar-refractivity contribution in [3.05, 3.63) is 70.4 Å². The van der Waals surface area contributed by atoms with Gasteiger partial charge in [-0.2, -0.15) is 0 Å². The molecule has 1 saturated carbocycles. The first-order valence-electron chi connectivity index (χ1n) is 21.6. The maximum Gasteiger partial charge on any atom is 0.258 e. The molecule has 1 saturated heterocycles. The Bertz CT molecular complexity index is 1950. The Kier molecular flexibility index (Phi) is 17.8. The number of halogens is 1. The molecule has 16 heteroatoms. The standard InChI is InChI=1S/C46H64FN5O9S/c1-30(8-6-10-39(48)54)61-28-33-13-11-32(12-14-33)9-7-19-58-20-21-59-22-23-60-38-24-34(40-31(2)50-29-62-40)15-16-35(38)26-49-42(55)37-25-36(53)27-52(37)43(56)41(45(3,4)5)51-44(57)46(47)17-18-46/h11-16,24,29-30,36-37,41,53H,6-10,17-23,25-28H2,1-5H3,(H2,48,54)(H,49,55)(H,51,57)/t30-,36-,37+,41-/m1/s1. The minimum atomic E-state index is -1.97. The fraction of sp³-hybridized carbons (Fsp3) is 0.587. The normalized spacial score (nSPS) is 18.0. The number of likely N-dealkylation sites (tertiary alicyclic amines) is 1. The van der Waals surface area contributed by atoms with Crippen molar-refractivity contribution in [2.75, 3.05) is 39.6 Å². The van der Waals surface area contributed by atoms with Crippen molar-refractivity contribution in [1.29, 1.82) is 0 Å². The smallest absolute Gasteiger partial charge is 0.258 e. The highest BCUT2D eigenvalue weighted by atomic mass is 32.1. The number of β-amino-alcohol motifs (C(OH)–C–C–N with tert-alkyl or cyclic N) is 1. The molecule has 2 fully saturated rings. The van der Waals surface area contributed by atoms with Crippen LogP contribution in [0.3, 0.4) is 0 Å². The fourth-order valence-electron chi connectivity index (χ4n) is 7.17. The number of rotatable bonds is 25. The van der Waals surface area contributed by atoms with E-state index in [2.05, 4.69) is 39.9 Å². The molecule has 1 aliphatic carbocycles. The Hall–Kier alpha value is -4.48. The molecule has 5 rings (SSSR count). The molecule has 340 valence electrons. The van der Waals surface area contributed by atoms with E-state index in [1.807, 2.05) is 32.0 Å². The molecule has 0 unspecified atom stereocenters. The number of aliphatic hydroxyl groups excluding tert-OH is 1. The monoisotopic (exact) mass is 881 g/mol. The lowest BCUT2D eigenvalue weighted by molar-refractivity contribution is -0.145. The highest BCUT2D eigenvalue weighted by Crippen LogP contribution is 2.40. The van der Waals surface area contributed by atoms with Gasteiger partial charge in [0.1, 0.15) is 24.4 Å². The van der Waals surface area contributed by atoms with Gasteiger partial charge in [0.25, 0.3) is 5.91 Å². The Labute approximate surface area is 368 Å². The summed E-state index contributed by atoms with van der Waals surface area (Å²) in [5.74, 6) is -1.57. The van der Waals surface area contributed by atoms with Crippen LogP contribution in [0.4, 0.5) is 4.39 Å². The fourth-order valence-corrected chi connectivity index (χ4v) is 7.97. The van der Waals surface area contributed by atoms with Crippen LogP contribution >= 0.6 is 11.3 Å². The second-order valence-electron chi connectivity index (χ2n) is 17.4. The van der Waals surface area contributed by atoms with Gasteiger partial charge >= 0.3 is 0 Å². The molecule has 62 heavy (non-hydrogen) atoms. The molecule has 2 aliphatic rings. The Morgan fingerprint density at radius 2 is 1.71 bits per heavy atom. The topological polar surface area (TPSA) is 192 Å². The predicted molar refractivity (Wildman–Crippen MR) is 234 cm³/mol. The molecular weight excluding hydrogens is 818 g/mol. The Balaban J connectivity index is 1.05. The second kappa shape index (κ2) is 22.7. The van der Waals surface area contributed by atoms with E-state index in [-0.39, 0.29) is 51.0 Å². The van der Waals surface area contributed by atoms with Crippen molar-refractivity contribution in [3.63, 3.8) is 0 Å². The third-order valence-corrected chi connectivity index (χ3v) is 12.1. The lowest BCUT2D eigenvalue weighted by atomic mass is 9.85. The number of nitrogens with one attached hydrogen (secondary N) is 2. The predicted octanol–water partition coefficient (Wildman–Crippen LogP) is 5.34. The number of benzene rings is 2. The van der Waals surface area contributed by atoms with Crippen molar-refractivity contribution in [2.24, 2.45) is 11.1 Å². The highest BCUT2D eigenvalue weighted by molar-refractivity contribution is 7.13. The average Bonchev–Trinajstić information content (AvgIpc) is 3.64. The van der Waals surface area contributed by atoms with E-state index in [0.717, 1.165) is 47.4 Å². The third kappa shape index (κ3) is 14.5. The largest absolute Gasteiger partial charge is 0.491 e. The van der Waals surface area contributed by atoms with Gasteiger partial charge in [0.15, 0.2) is 5.67 Å². The first-order chi connectivity index (χ1) is 29.5. The van der Waals surface area contributed by atoms with Gasteiger partial charge in [-0.1, -0.05) is 57.2 Å². The lowest BCUT2D eigenvalue weighted by Crippen LogP contribution is -2.59. The summed E-state index contributed by atoms with van der Waals surface area (Å²) >= 11 is 1.52. The summed E-state index contributed by atoms with van der Waals surface area (Å²) in [5.41, 5.74) is 9.07. The number of hydrogen-bond acceptors (Lipinski definition) is 11. The number of carbonyl (C=O) groups excluding carboxylic acids is 4. The highest BCUT2D eigenvalue weighted by Gasteiger charge is 2.53. The second-order valence-corrected chi connectivity index (χ2v) is 18.3. The molecule has 0 bridgehead atoms. The van der Waals surface area contributed by atoms with Gasteiger partial charge in [0.2, 0.25) is 17.7 Å². The van der Waals surface area contributed by atoms with Gasteiger partial charge in [-0.3, -0.25) is 19.2 Å². The minimum Gasteiger partial charge on any atom is -0.491 e. The number of alkyl halides is 1. The Morgan fingerprint density at radius 1 is 1.02 bits per heavy atom. The number of nitrogens with zero attached hydrogens (tertiary/aromatic N) is 2. The van der Waals surface area contributed by atoms with E-state index in [1.54, 1.807) is 26.3 Å². The molecule has 5 N–H and O–H groups in total. The first kappa shape index (κ1) is 48.6. The number of primary amides is 1. The van der Waals surface area contributed by atoms with E-state index in [1.165, 1.54) is 21.8 Å². The number of nitrogens with two attached hydrogens (primary N) is 1. The average molecular weight is 882 g/mol. The zero-order valence-corrected chi connectivity index (χ0v) is 37.5. The van der Waals surface area contributed by atoms with E-state index in [4.69, 9.17) is 24.7 Å². The van der Waals surface area contributed by atoms with Crippen molar-refractivity contribution in [3.8, 4) is 16.2 Å². The molecular formula is C46H64FN5O9S. The van der Waals surface area contributed by atoms with Crippen molar-refractivity contribution >= 4 is 35.0 Å². The summed E-state index contributed by atoms with van der Waals surface area (Å²) < 4.78 is 38.3. The van der Waals surface area contributed by atoms with Gasteiger partial charge in [-0.25, -0.2) is 9.37 Å². The summed E-state index contributed by atoms with van der Waals surface area (Å²) in [5, 5.41) is 16.1. The van der Waals surface area contributed by atoms with Gasteiger partial charge in [0, 0.05) is 38.1 Å². The third-order valence-electron chi connectivity index (χ3n) is 11.1. The van der Waals surface area contributed by atoms with E-state index in [9.17, 15) is 28.7 Å². The molecule has 0 spiro atoms. The summed E-state index contributed by atoms with van der Waals surface area (Å²) in [4.78, 5) is 57.8. The van der Waals surface area contributed by atoms with E-state index < -0.39 is 47.0 Å². The van der Waals surface area contributed by atoms with Gasteiger partial charge < -0.3 is 45.3 Å². The number of aromatic nitrogens is 1. The van der Waals surface area contributed by atoms with Crippen molar-refractivity contribution in [1.82, 2.24) is 20.5 Å². The summed E-state index contributed by atoms with van der Waals surface area (Å²) in [6, 6.07) is 12.0. The zero-order valence-electron chi connectivity index (χ0n) is 36.7. The van der Waals surface area contributed by atoms with Crippen LogP contribution in [0.15, 0.2) is 48.0 Å². The molecule has 1 aliphatic heterocycles. The van der Waals surface area contributed by atoms with Crippen LogP contribution in [0.25, 0.3) is 10.4 Å². The SMILES string of the molecule is Cc1ncsc1-c1ccc(CNC(=O)[C@@H]2C[C@@H](O)CN2C(=O)[C@@H](NC(=O)C2(F)CC2)C(C)(C)C)c(OCCOCCOCCCc2ccc(CO[C@H](C)CCCC(N)=O)cc2)c1.